The molecule has 3 N–H and O–H groups in total. The van der Waals surface area contributed by atoms with Gasteiger partial charge in [0.2, 0.25) is 0 Å². The molecule has 0 saturated heterocycles. The van der Waals surface area contributed by atoms with Crippen LogP contribution in [0.5, 0.6) is 0 Å². The lowest BCUT2D eigenvalue weighted by Gasteiger charge is -2.17. The second-order valence-corrected chi connectivity index (χ2v) is 4.84. The maximum absolute atomic E-state index is 14.3. The van der Waals surface area contributed by atoms with Gasteiger partial charge in [0.1, 0.15) is 0 Å². The number of nitrogens with one attached hydrogen (secondary N) is 1. The number of nitrogens with two attached hydrogens (primary N) is 1. The predicted molar refractivity (Wildman–Crippen MR) is 82.4 cm³/mol. The zero-order chi connectivity index (χ0) is 14.8. The zero-order valence-corrected chi connectivity index (χ0v) is 11.5. The van der Waals surface area contributed by atoms with Gasteiger partial charge in [-0.1, -0.05) is 6.07 Å². The van der Waals surface area contributed by atoms with Crippen LogP contribution in [0.25, 0.3) is 10.9 Å². The molecule has 0 aliphatic heterocycles. The molecule has 0 aliphatic rings. The average Bonchev–Trinajstić information content (AvgIpc) is 2.52. The van der Waals surface area contributed by atoms with E-state index < -0.39 is 5.82 Å². The van der Waals surface area contributed by atoms with E-state index in [4.69, 9.17) is 5.73 Å². The first kappa shape index (κ1) is 13.3. The van der Waals surface area contributed by atoms with Crippen LogP contribution in [0.2, 0.25) is 0 Å². The largest absolute Gasteiger partial charge is 0.398 e. The lowest BCUT2D eigenvalue weighted by atomic mass is 10.1. The average molecular weight is 282 g/mol. The molecule has 5 heteroatoms. The van der Waals surface area contributed by atoms with Crippen molar-refractivity contribution in [2.75, 3.05) is 11.1 Å². The van der Waals surface area contributed by atoms with E-state index in [1.807, 2.05) is 31.2 Å². The Balaban J connectivity index is 2.05. The van der Waals surface area contributed by atoms with Crippen LogP contribution >= 0.6 is 0 Å². The van der Waals surface area contributed by atoms with Crippen LogP contribution < -0.4 is 11.1 Å². The van der Waals surface area contributed by atoms with Gasteiger partial charge in [-0.2, -0.15) is 0 Å². The summed E-state index contributed by atoms with van der Waals surface area (Å²) in [5.74, 6) is -0.415. The van der Waals surface area contributed by atoms with Crippen molar-refractivity contribution in [2.45, 2.75) is 13.0 Å². The van der Waals surface area contributed by atoms with Gasteiger partial charge in [0.15, 0.2) is 5.82 Å². The summed E-state index contributed by atoms with van der Waals surface area (Å²) < 4.78 is 14.3. The van der Waals surface area contributed by atoms with Gasteiger partial charge in [-0.25, -0.2) is 4.39 Å². The number of fused-ring (bicyclic) bond motifs is 1. The molecule has 3 rings (SSSR count). The van der Waals surface area contributed by atoms with Gasteiger partial charge < -0.3 is 11.1 Å². The molecule has 1 atom stereocenters. The van der Waals surface area contributed by atoms with Crippen LogP contribution in [0.3, 0.4) is 0 Å². The van der Waals surface area contributed by atoms with Crippen molar-refractivity contribution >= 4 is 22.3 Å². The maximum atomic E-state index is 14.3. The summed E-state index contributed by atoms with van der Waals surface area (Å²) in [6.07, 6.45) is 3.33. The molecule has 21 heavy (non-hydrogen) atoms. The Bertz CT molecular complexity index is 774. The molecule has 2 heterocycles. The third-order valence-electron chi connectivity index (χ3n) is 3.37. The normalized spacial score (nSPS) is 12.3. The zero-order valence-electron chi connectivity index (χ0n) is 11.5. The fourth-order valence-electron chi connectivity index (χ4n) is 2.30. The molecule has 2 aromatic heterocycles. The summed E-state index contributed by atoms with van der Waals surface area (Å²) >= 11 is 0. The summed E-state index contributed by atoms with van der Waals surface area (Å²) in [5.41, 5.74) is 7.93. The number of nitrogens with zero attached hydrogens (tertiary/aromatic N) is 2. The fourth-order valence-corrected chi connectivity index (χ4v) is 2.30. The van der Waals surface area contributed by atoms with Crippen LogP contribution in [-0.4, -0.2) is 9.97 Å². The van der Waals surface area contributed by atoms with Crippen molar-refractivity contribution in [3.05, 3.63) is 60.3 Å². The van der Waals surface area contributed by atoms with Crippen LogP contribution in [0.15, 0.2) is 48.8 Å². The topological polar surface area (TPSA) is 63.8 Å². The van der Waals surface area contributed by atoms with Crippen molar-refractivity contribution in [2.24, 2.45) is 0 Å². The Morgan fingerprint density at radius 2 is 1.95 bits per heavy atom. The van der Waals surface area contributed by atoms with Gasteiger partial charge in [-0.3, -0.25) is 9.97 Å². The molecule has 4 nitrogen and oxygen atoms in total. The summed E-state index contributed by atoms with van der Waals surface area (Å²) in [6, 6.07) is 10.4. The highest BCUT2D eigenvalue weighted by Gasteiger charge is 2.15. The van der Waals surface area contributed by atoms with Crippen molar-refractivity contribution < 1.29 is 4.39 Å². The minimum atomic E-state index is -0.415. The van der Waals surface area contributed by atoms with E-state index in [9.17, 15) is 4.39 Å². The third-order valence-corrected chi connectivity index (χ3v) is 3.37. The third kappa shape index (κ3) is 2.50. The van der Waals surface area contributed by atoms with E-state index >= 15 is 0 Å². The molecule has 0 spiro atoms. The van der Waals surface area contributed by atoms with E-state index in [2.05, 4.69) is 15.3 Å². The molecule has 1 aromatic carbocycles. The number of nitrogen functional groups attached to an aromatic ring is 1. The van der Waals surface area contributed by atoms with E-state index in [-0.39, 0.29) is 6.04 Å². The monoisotopic (exact) mass is 282 g/mol. The van der Waals surface area contributed by atoms with Gasteiger partial charge in [-0.15, -0.1) is 0 Å². The first-order valence-corrected chi connectivity index (χ1v) is 6.67. The van der Waals surface area contributed by atoms with Crippen molar-refractivity contribution in [3.8, 4) is 0 Å². The molecule has 0 saturated carbocycles. The van der Waals surface area contributed by atoms with Crippen molar-refractivity contribution in [3.63, 3.8) is 0 Å². The molecule has 3 aromatic rings. The molecule has 0 fully saturated rings. The van der Waals surface area contributed by atoms with Crippen molar-refractivity contribution in [1.29, 1.82) is 0 Å². The number of benzene rings is 1. The van der Waals surface area contributed by atoms with E-state index in [1.165, 1.54) is 6.07 Å². The molecule has 0 bridgehead atoms. The van der Waals surface area contributed by atoms with E-state index in [1.54, 1.807) is 18.5 Å². The summed E-state index contributed by atoms with van der Waals surface area (Å²) in [7, 11) is 0. The highest BCUT2D eigenvalue weighted by molar-refractivity contribution is 5.98. The Morgan fingerprint density at radius 3 is 2.71 bits per heavy atom. The Labute approximate surface area is 121 Å². The van der Waals surface area contributed by atoms with Crippen LogP contribution in [0, 0.1) is 5.82 Å². The Kier molecular flexibility index (Phi) is 3.39. The van der Waals surface area contributed by atoms with Gasteiger partial charge >= 0.3 is 0 Å². The number of hydrogen-bond acceptors (Lipinski definition) is 4. The van der Waals surface area contributed by atoms with Crippen LogP contribution in [0.4, 0.5) is 15.8 Å². The maximum Gasteiger partial charge on any atom is 0.150 e. The second-order valence-electron chi connectivity index (χ2n) is 4.84. The molecular formula is C16H15FN4. The molecule has 0 amide bonds. The summed E-state index contributed by atoms with van der Waals surface area (Å²) in [4.78, 5) is 8.52. The number of halogens is 1. The molecular weight excluding hydrogens is 267 g/mol. The molecule has 106 valence electrons. The first-order chi connectivity index (χ1) is 10.2. The molecule has 1 unspecified atom stereocenters. The predicted octanol–water partition coefficient (Wildman–Crippen LogP) is 3.52. The Hall–Kier alpha value is -2.69. The van der Waals surface area contributed by atoms with Crippen molar-refractivity contribution in [1.82, 2.24) is 9.97 Å². The lowest BCUT2D eigenvalue weighted by Crippen LogP contribution is -2.10. The smallest absolute Gasteiger partial charge is 0.150 e. The summed E-state index contributed by atoms with van der Waals surface area (Å²) in [5, 5.41) is 3.87. The van der Waals surface area contributed by atoms with Gasteiger partial charge in [-0.05, 0) is 37.3 Å². The second kappa shape index (κ2) is 5.36. The van der Waals surface area contributed by atoms with Crippen LogP contribution in [0.1, 0.15) is 18.7 Å². The molecule has 0 aliphatic carbocycles. The van der Waals surface area contributed by atoms with E-state index in [0.717, 1.165) is 11.1 Å². The SMILES string of the molecule is CC(Nc1c(F)cc(N)c2cccnc12)c1ccccn1. The quantitative estimate of drug-likeness (QED) is 0.721. The minimum Gasteiger partial charge on any atom is -0.398 e. The minimum absolute atomic E-state index is 0.144. The standard InChI is InChI=1S/C16H15FN4/c1-10(14-6-2-3-7-19-14)21-16-12(17)9-13(18)11-5-4-8-20-15(11)16/h2-10,21H,18H2,1H3. The number of rotatable bonds is 3. The first-order valence-electron chi connectivity index (χ1n) is 6.67. The Morgan fingerprint density at radius 1 is 1.14 bits per heavy atom. The van der Waals surface area contributed by atoms with Gasteiger partial charge in [0.25, 0.3) is 0 Å². The number of hydrogen-bond donors (Lipinski definition) is 2. The molecule has 0 radical (unpaired) electrons. The van der Waals surface area contributed by atoms with E-state index in [0.29, 0.717) is 16.9 Å². The fraction of sp³-hybridized carbons (Fsp3) is 0.125. The number of anilines is 2. The van der Waals surface area contributed by atoms with Gasteiger partial charge in [0.05, 0.1) is 22.9 Å². The van der Waals surface area contributed by atoms with Crippen LogP contribution in [-0.2, 0) is 0 Å². The highest BCUT2D eigenvalue weighted by Crippen LogP contribution is 2.31. The lowest BCUT2D eigenvalue weighted by molar-refractivity contribution is 0.629. The highest BCUT2D eigenvalue weighted by atomic mass is 19.1. The number of pyridine rings is 2. The summed E-state index contributed by atoms with van der Waals surface area (Å²) in [6.45, 7) is 1.92. The number of aromatic nitrogens is 2. The van der Waals surface area contributed by atoms with Gasteiger partial charge in [0, 0.05) is 23.5 Å².